The Labute approximate surface area is 108 Å². The van der Waals surface area contributed by atoms with Crippen LogP contribution in [0.1, 0.15) is 5.56 Å². The van der Waals surface area contributed by atoms with Crippen LogP contribution in [0.5, 0.6) is 0 Å². The molecule has 18 heavy (non-hydrogen) atoms. The minimum Gasteiger partial charge on any atom is -0.389 e. The van der Waals surface area contributed by atoms with Gasteiger partial charge in [0.05, 0.1) is 0 Å². The zero-order chi connectivity index (χ0) is 13.1. The Morgan fingerprint density at radius 2 is 1.83 bits per heavy atom. The van der Waals surface area contributed by atoms with Gasteiger partial charge in [0.1, 0.15) is 22.4 Å². The molecule has 0 unspecified atom stereocenters. The molecule has 1 heterocycles. The summed E-state index contributed by atoms with van der Waals surface area (Å²) in [5.74, 6) is -0.920. The Kier molecular flexibility index (Phi) is 3.47. The van der Waals surface area contributed by atoms with E-state index in [0.29, 0.717) is 11.4 Å². The summed E-state index contributed by atoms with van der Waals surface area (Å²) in [5.41, 5.74) is 6.37. The number of thiocarbonyl (C=S) groups is 1. The second-order valence-corrected chi connectivity index (χ2v) is 4.02. The average molecular weight is 265 g/mol. The Balaban J connectivity index is 2.28. The SMILES string of the molecule is NC(=S)c1ccnc(Nc2cc(F)cc(F)c2)c1. The highest BCUT2D eigenvalue weighted by atomic mass is 32.1. The Morgan fingerprint density at radius 1 is 1.17 bits per heavy atom. The second kappa shape index (κ2) is 5.05. The maximum atomic E-state index is 13.0. The van der Waals surface area contributed by atoms with E-state index in [2.05, 4.69) is 10.3 Å². The van der Waals surface area contributed by atoms with Crippen LogP contribution in [-0.4, -0.2) is 9.97 Å². The summed E-state index contributed by atoms with van der Waals surface area (Å²) in [5, 5.41) is 2.77. The lowest BCUT2D eigenvalue weighted by Gasteiger charge is -2.07. The summed E-state index contributed by atoms with van der Waals surface area (Å²) >= 11 is 4.83. The molecule has 6 heteroatoms. The van der Waals surface area contributed by atoms with Crippen molar-refractivity contribution in [3.63, 3.8) is 0 Å². The number of rotatable bonds is 3. The fourth-order valence-corrected chi connectivity index (χ4v) is 1.55. The van der Waals surface area contributed by atoms with E-state index in [1.54, 1.807) is 12.1 Å². The maximum Gasteiger partial charge on any atom is 0.130 e. The van der Waals surface area contributed by atoms with Crippen molar-refractivity contribution in [1.29, 1.82) is 0 Å². The van der Waals surface area contributed by atoms with E-state index in [9.17, 15) is 8.78 Å². The van der Waals surface area contributed by atoms with Crippen molar-refractivity contribution in [2.75, 3.05) is 5.32 Å². The Morgan fingerprint density at radius 3 is 2.44 bits per heavy atom. The fourth-order valence-electron chi connectivity index (χ4n) is 1.43. The van der Waals surface area contributed by atoms with E-state index in [1.165, 1.54) is 6.20 Å². The van der Waals surface area contributed by atoms with Crippen LogP contribution in [0.15, 0.2) is 36.5 Å². The average Bonchev–Trinajstić information content (AvgIpc) is 2.27. The standard InChI is InChI=1S/C12H9F2N3S/c13-8-4-9(14)6-10(5-8)17-11-3-7(12(15)18)1-2-16-11/h1-6H,(H2,15,18)(H,16,17). The van der Waals surface area contributed by atoms with Crippen molar-refractivity contribution in [2.45, 2.75) is 0 Å². The zero-order valence-corrected chi connectivity index (χ0v) is 9.97. The highest BCUT2D eigenvalue weighted by molar-refractivity contribution is 7.80. The molecule has 1 aromatic carbocycles. The summed E-state index contributed by atoms with van der Waals surface area (Å²) < 4.78 is 26.0. The molecule has 0 spiro atoms. The van der Waals surface area contributed by atoms with Crippen molar-refractivity contribution in [2.24, 2.45) is 5.73 Å². The third-order valence-corrected chi connectivity index (χ3v) is 2.42. The van der Waals surface area contributed by atoms with Gasteiger partial charge < -0.3 is 11.1 Å². The third-order valence-electron chi connectivity index (χ3n) is 2.18. The maximum absolute atomic E-state index is 13.0. The molecule has 0 amide bonds. The van der Waals surface area contributed by atoms with Gasteiger partial charge in [-0.3, -0.25) is 0 Å². The molecule has 3 nitrogen and oxygen atoms in total. The number of benzene rings is 1. The van der Waals surface area contributed by atoms with Crippen LogP contribution < -0.4 is 11.1 Å². The molecule has 1 aromatic heterocycles. The number of hydrogen-bond acceptors (Lipinski definition) is 3. The molecule has 2 aromatic rings. The highest BCUT2D eigenvalue weighted by Crippen LogP contribution is 2.18. The number of pyridine rings is 1. The number of nitrogens with zero attached hydrogens (tertiary/aromatic N) is 1. The summed E-state index contributed by atoms with van der Waals surface area (Å²) in [6.07, 6.45) is 1.51. The van der Waals surface area contributed by atoms with Crippen LogP contribution in [0.25, 0.3) is 0 Å². The molecule has 92 valence electrons. The van der Waals surface area contributed by atoms with Crippen LogP contribution >= 0.6 is 12.2 Å². The summed E-state index contributed by atoms with van der Waals surface area (Å²) in [6.45, 7) is 0. The molecule has 0 aliphatic heterocycles. The molecule has 0 fully saturated rings. The number of anilines is 2. The van der Waals surface area contributed by atoms with Gasteiger partial charge in [-0.05, 0) is 24.3 Å². The smallest absolute Gasteiger partial charge is 0.130 e. The van der Waals surface area contributed by atoms with E-state index >= 15 is 0 Å². The quantitative estimate of drug-likeness (QED) is 0.838. The van der Waals surface area contributed by atoms with Gasteiger partial charge >= 0.3 is 0 Å². The molecular formula is C12H9F2N3S. The lowest BCUT2D eigenvalue weighted by atomic mass is 10.2. The number of aromatic nitrogens is 1. The minimum absolute atomic E-state index is 0.228. The molecule has 3 N–H and O–H groups in total. The third kappa shape index (κ3) is 2.98. The van der Waals surface area contributed by atoms with E-state index in [4.69, 9.17) is 18.0 Å². The molecule has 0 aliphatic rings. The Bertz CT molecular complexity index is 581. The number of halogens is 2. The minimum atomic E-state index is -0.664. The molecule has 0 aliphatic carbocycles. The first-order valence-corrected chi connectivity index (χ1v) is 5.44. The zero-order valence-electron chi connectivity index (χ0n) is 9.15. The molecule has 0 atom stereocenters. The lowest BCUT2D eigenvalue weighted by Crippen LogP contribution is -2.09. The number of nitrogens with one attached hydrogen (secondary N) is 1. The molecule has 0 bridgehead atoms. The van der Waals surface area contributed by atoms with Crippen LogP contribution in [0, 0.1) is 11.6 Å². The summed E-state index contributed by atoms with van der Waals surface area (Å²) in [7, 11) is 0. The van der Waals surface area contributed by atoms with E-state index < -0.39 is 11.6 Å². The predicted octanol–water partition coefficient (Wildman–Crippen LogP) is 2.74. The van der Waals surface area contributed by atoms with Gasteiger partial charge in [0.2, 0.25) is 0 Å². The highest BCUT2D eigenvalue weighted by Gasteiger charge is 2.03. The van der Waals surface area contributed by atoms with E-state index in [1.807, 2.05) is 0 Å². The van der Waals surface area contributed by atoms with E-state index in [0.717, 1.165) is 18.2 Å². The summed E-state index contributed by atoms with van der Waals surface area (Å²) in [6, 6.07) is 6.38. The van der Waals surface area contributed by atoms with Crippen molar-refractivity contribution in [3.8, 4) is 0 Å². The van der Waals surface area contributed by atoms with Crippen molar-refractivity contribution < 1.29 is 8.78 Å². The number of nitrogens with two attached hydrogens (primary N) is 1. The molecular weight excluding hydrogens is 256 g/mol. The summed E-state index contributed by atoms with van der Waals surface area (Å²) in [4.78, 5) is 4.23. The van der Waals surface area contributed by atoms with Gasteiger partial charge in [0, 0.05) is 23.5 Å². The molecule has 0 saturated carbocycles. The van der Waals surface area contributed by atoms with Crippen molar-refractivity contribution in [1.82, 2.24) is 4.98 Å². The normalized spacial score (nSPS) is 10.1. The predicted molar refractivity (Wildman–Crippen MR) is 69.8 cm³/mol. The molecule has 0 radical (unpaired) electrons. The van der Waals surface area contributed by atoms with Crippen LogP contribution in [0.4, 0.5) is 20.3 Å². The topological polar surface area (TPSA) is 50.9 Å². The van der Waals surface area contributed by atoms with Crippen LogP contribution in [0.2, 0.25) is 0 Å². The fraction of sp³-hybridized carbons (Fsp3) is 0. The van der Waals surface area contributed by atoms with Gasteiger partial charge in [0.25, 0.3) is 0 Å². The first-order chi connectivity index (χ1) is 8.54. The molecule has 0 saturated heterocycles. The van der Waals surface area contributed by atoms with E-state index in [-0.39, 0.29) is 10.7 Å². The largest absolute Gasteiger partial charge is 0.389 e. The van der Waals surface area contributed by atoms with Crippen LogP contribution in [0.3, 0.4) is 0 Å². The molecule has 2 rings (SSSR count). The lowest BCUT2D eigenvalue weighted by molar-refractivity contribution is 0.584. The van der Waals surface area contributed by atoms with Crippen molar-refractivity contribution >= 4 is 28.7 Å². The van der Waals surface area contributed by atoms with Gasteiger partial charge in [-0.1, -0.05) is 12.2 Å². The first kappa shape index (κ1) is 12.4. The van der Waals surface area contributed by atoms with Gasteiger partial charge in [-0.2, -0.15) is 0 Å². The number of hydrogen-bond donors (Lipinski definition) is 2. The van der Waals surface area contributed by atoms with Gasteiger partial charge in [-0.25, -0.2) is 13.8 Å². The van der Waals surface area contributed by atoms with Gasteiger partial charge in [-0.15, -0.1) is 0 Å². The first-order valence-electron chi connectivity index (χ1n) is 5.03. The van der Waals surface area contributed by atoms with Crippen molar-refractivity contribution in [3.05, 3.63) is 53.7 Å². The monoisotopic (exact) mass is 265 g/mol. The second-order valence-electron chi connectivity index (χ2n) is 3.58. The van der Waals surface area contributed by atoms with Gasteiger partial charge in [0.15, 0.2) is 0 Å². The van der Waals surface area contributed by atoms with Crippen LogP contribution in [-0.2, 0) is 0 Å². The Hall–Kier alpha value is -2.08.